The molecule has 0 saturated carbocycles. The van der Waals surface area contributed by atoms with Gasteiger partial charge in [-0.25, -0.2) is 4.79 Å². The molecule has 0 aliphatic heterocycles. The van der Waals surface area contributed by atoms with Crippen molar-refractivity contribution in [3.8, 4) is 0 Å². The standard InChI is InChI=1S/C22H18N2O5S/c25-19(12-15-6-2-1-3-7-15)24-20(26)13-29-22(28)17-8-4-5-9-18(17)23-21(27)16-10-11-30-14-16/h1-11,14H,12-13H2,(H,23,27)(H,24,25,26). The molecule has 2 aromatic carbocycles. The smallest absolute Gasteiger partial charge is 0.340 e. The number of anilines is 1. The van der Waals surface area contributed by atoms with Gasteiger partial charge in [0.05, 0.1) is 23.2 Å². The van der Waals surface area contributed by atoms with Gasteiger partial charge < -0.3 is 10.1 Å². The van der Waals surface area contributed by atoms with E-state index in [4.69, 9.17) is 4.74 Å². The number of imide groups is 1. The minimum Gasteiger partial charge on any atom is -0.452 e. The lowest BCUT2D eigenvalue weighted by atomic mass is 10.1. The van der Waals surface area contributed by atoms with Gasteiger partial charge in [-0.05, 0) is 29.1 Å². The second-order valence-electron chi connectivity index (χ2n) is 6.22. The predicted molar refractivity (Wildman–Crippen MR) is 112 cm³/mol. The number of hydrogen-bond donors (Lipinski definition) is 2. The van der Waals surface area contributed by atoms with E-state index in [1.165, 1.54) is 17.4 Å². The molecule has 152 valence electrons. The molecule has 0 unspecified atom stereocenters. The Morgan fingerprint density at radius 3 is 2.33 bits per heavy atom. The van der Waals surface area contributed by atoms with E-state index in [2.05, 4.69) is 10.6 Å². The van der Waals surface area contributed by atoms with Gasteiger partial charge in [-0.15, -0.1) is 0 Å². The van der Waals surface area contributed by atoms with E-state index in [1.54, 1.807) is 59.3 Å². The number of carbonyl (C=O) groups is 4. The van der Waals surface area contributed by atoms with Crippen LogP contribution < -0.4 is 10.6 Å². The summed E-state index contributed by atoms with van der Waals surface area (Å²) in [5.41, 5.74) is 1.60. The highest BCUT2D eigenvalue weighted by atomic mass is 32.1. The molecule has 3 rings (SSSR count). The molecule has 0 bridgehead atoms. The molecule has 7 nitrogen and oxygen atoms in total. The number of rotatable bonds is 7. The summed E-state index contributed by atoms with van der Waals surface area (Å²) in [6.45, 7) is -0.619. The minimum absolute atomic E-state index is 0.0397. The first kappa shape index (κ1) is 20.9. The number of thiophene rings is 1. The zero-order valence-electron chi connectivity index (χ0n) is 15.8. The average molecular weight is 422 g/mol. The lowest BCUT2D eigenvalue weighted by Gasteiger charge is -2.10. The molecule has 3 amide bonds. The highest BCUT2D eigenvalue weighted by Crippen LogP contribution is 2.18. The topological polar surface area (TPSA) is 102 Å². The quantitative estimate of drug-likeness (QED) is 0.570. The Morgan fingerprint density at radius 1 is 0.867 bits per heavy atom. The lowest BCUT2D eigenvalue weighted by Crippen LogP contribution is -2.35. The van der Waals surface area contributed by atoms with E-state index in [-0.39, 0.29) is 23.6 Å². The maximum atomic E-state index is 12.4. The van der Waals surface area contributed by atoms with E-state index in [9.17, 15) is 19.2 Å². The number of carbonyl (C=O) groups excluding carboxylic acids is 4. The summed E-state index contributed by atoms with van der Waals surface area (Å²) in [4.78, 5) is 48.4. The molecule has 0 saturated heterocycles. The second kappa shape index (κ2) is 10.1. The van der Waals surface area contributed by atoms with E-state index in [0.29, 0.717) is 5.56 Å². The highest BCUT2D eigenvalue weighted by Gasteiger charge is 2.17. The summed E-state index contributed by atoms with van der Waals surface area (Å²) in [6.07, 6.45) is 0.0397. The molecule has 0 aliphatic carbocycles. The van der Waals surface area contributed by atoms with E-state index < -0.39 is 24.4 Å². The van der Waals surface area contributed by atoms with Gasteiger partial charge in [0.15, 0.2) is 6.61 Å². The number of nitrogens with one attached hydrogen (secondary N) is 2. The predicted octanol–water partition coefficient (Wildman–Crippen LogP) is 3.04. The van der Waals surface area contributed by atoms with Crippen molar-refractivity contribution >= 4 is 40.7 Å². The first-order chi connectivity index (χ1) is 14.5. The van der Waals surface area contributed by atoms with Crippen LogP contribution in [0.1, 0.15) is 26.3 Å². The fraction of sp³-hybridized carbons (Fsp3) is 0.0909. The maximum Gasteiger partial charge on any atom is 0.340 e. The zero-order valence-corrected chi connectivity index (χ0v) is 16.6. The largest absolute Gasteiger partial charge is 0.452 e. The number of para-hydroxylation sites is 1. The van der Waals surface area contributed by atoms with Crippen molar-refractivity contribution in [2.75, 3.05) is 11.9 Å². The zero-order chi connectivity index (χ0) is 21.3. The summed E-state index contributed by atoms with van der Waals surface area (Å²) in [5.74, 6) is -2.38. The third kappa shape index (κ3) is 5.86. The summed E-state index contributed by atoms with van der Waals surface area (Å²) < 4.78 is 5.00. The van der Waals surface area contributed by atoms with Crippen LogP contribution >= 0.6 is 11.3 Å². The van der Waals surface area contributed by atoms with Crippen molar-refractivity contribution in [1.29, 1.82) is 0 Å². The number of hydrogen-bond acceptors (Lipinski definition) is 6. The molecule has 8 heteroatoms. The Hall–Kier alpha value is -3.78. The van der Waals surface area contributed by atoms with Crippen LogP contribution in [0, 0.1) is 0 Å². The van der Waals surface area contributed by atoms with Crippen LogP contribution in [0.3, 0.4) is 0 Å². The van der Waals surface area contributed by atoms with Crippen LogP contribution in [-0.2, 0) is 20.7 Å². The Morgan fingerprint density at radius 2 is 1.60 bits per heavy atom. The van der Waals surface area contributed by atoms with Gasteiger partial charge in [0.2, 0.25) is 5.91 Å². The van der Waals surface area contributed by atoms with Crippen molar-refractivity contribution in [3.63, 3.8) is 0 Å². The fourth-order valence-corrected chi connectivity index (χ4v) is 3.22. The average Bonchev–Trinajstić information content (AvgIpc) is 3.28. The molecule has 0 atom stereocenters. The summed E-state index contributed by atoms with van der Waals surface area (Å²) in [7, 11) is 0. The van der Waals surface area contributed by atoms with E-state index in [1.807, 2.05) is 6.07 Å². The Balaban J connectivity index is 1.54. The van der Waals surface area contributed by atoms with Crippen molar-refractivity contribution in [3.05, 3.63) is 88.1 Å². The first-order valence-corrected chi connectivity index (χ1v) is 9.93. The van der Waals surface area contributed by atoms with Crippen LogP contribution in [-0.4, -0.2) is 30.3 Å². The van der Waals surface area contributed by atoms with Crippen molar-refractivity contribution < 1.29 is 23.9 Å². The molecule has 0 radical (unpaired) electrons. The molecule has 3 aromatic rings. The Labute approximate surface area is 176 Å². The van der Waals surface area contributed by atoms with Crippen molar-refractivity contribution in [1.82, 2.24) is 5.32 Å². The van der Waals surface area contributed by atoms with Crippen molar-refractivity contribution in [2.24, 2.45) is 0 Å². The van der Waals surface area contributed by atoms with Crippen LogP contribution in [0.5, 0.6) is 0 Å². The van der Waals surface area contributed by atoms with Crippen LogP contribution in [0.4, 0.5) is 5.69 Å². The fourth-order valence-electron chi connectivity index (χ4n) is 2.58. The highest BCUT2D eigenvalue weighted by molar-refractivity contribution is 7.08. The SMILES string of the molecule is O=C(COC(=O)c1ccccc1NC(=O)c1ccsc1)NC(=O)Cc1ccccc1. The van der Waals surface area contributed by atoms with Gasteiger partial charge in [0.25, 0.3) is 11.8 Å². The summed E-state index contributed by atoms with van der Waals surface area (Å²) in [5, 5.41) is 8.29. The number of esters is 1. The monoisotopic (exact) mass is 422 g/mol. The van der Waals surface area contributed by atoms with Gasteiger partial charge >= 0.3 is 5.97 Å². The number of benzene rings is 2. The lowest BCUT2D eigenvalue weighted by molar-refractivity contribution is -0.132. The maximum absolute atomic E-state index is 12.4. The van der Waals surface area contributed by atoms with Crippen molar-refractivity contribution in [2.45, 2.75) is 6.42 Å². The van der Waals surface area contributed by atoms with Crippen LogP contribution in [0.25, 0.3) is 0 Å². The number of amides is 3. The third-order valence-electron chi connectivity index (χ3n) is 4.00. The van der Waals surface area contributed by atoms with Crippen LogP contribution in [0.2, 0.25) is 0 Å². The molecule has 1 heterocycles. The minimum atomic E-state index is -0.790. The van der Waals surface area contributed by atoms with Gasteiger partial charge in [0.1, 0.15) is 0 Å². The van der Waals surface area contributed by atoms with E-state index >= 15 is 0 Å². The third-order valence-corrected chi connectivity index (χ3v) is 4.68. The molecule has 30 heavy (non-hydrogen) atoms. The van der Waals surface area contributed by atoms with Gasteiger partial charge in [-0.2, -0.15) is 11.3 Å². The summed E-state index contributed by atoms with van der Waals surface area (Å²) >= 11 is 1.38. The molecule has 0 spiro atoms. The van der Waals surface area contributed by atoms with E-state index in [0.717, 1.165) is 5.56 Å². The molecule has 2 N–H and O–H groups in total. The molecule has 0 fully saturated rings. The van der Waals surface area contributed by atoms with Gasteiger partial charge in [-0.1, -0.05) is 42.5 Å². The Kier molecular flexibility index (Phi) is 7.07. The molecular formula is C22H18N2O5S. The Bertz CT molecular complexity index is 1050. The molecule has 0 aliphatic rings. The number of ether oxygens (including phenoxy) is 1. The molecule has 1 aromatic heterocycles. The first-order valence-electron chi connectivity index (χ1n) is 8.99. The van der Waals surface area contributed by atoms with Crippen LogP contribution in [0.15, 0.2) is 71.4 Å². The second-order valence-corrected chi connectivity index (χ2v) is 7.00. The van der Waals surface area contributed by atoms with Gasteiger partial charge in [-0.3, -0.25) is 19.7 Å². The summed E-state index contributed by atoms with van der Waals surface area (Å²) in [6, 6.07) is 16.9. The van der Waals surface area contributed by atoms with Gasteiger partial charge in [0, 0.05) is 5.38 Å². The normalized spacial score (nSPS) is 10.1. The molecular weight excluding hydrogens is 404 g/mol.